The average Bonchev–Trinajstić information content (AvgIpc) is 2.47. The van der Waals surface area contributed by atoms with Gasteiger partial charge in [0.05, 0.1) is 10.5 Å². The van der Waals surface area contributed by atoms with Crippen LogP contribution in [-0.4, -0.2) is 27.8 Å². The summed E-state index contributed by atoms with van der Waals surface area (Å²) in [5.74, 6) is 0.504. The van der Waals surface area contributed by atoms with Crippen LogP contribution >= 0.6 is 0 Å². The summed E-state index contributed by atoms with van der Waals surface area (Å²) in [7, 11) is 0. The number of carbonyl (C=O) groups excluding carboxylic acids is 1. The van der Waals surface area contributed by atoms with Gasteiger partial charge in [-0.2, -0.15) is 0 Å². The van der Waals surface area contributed by atoms with E-state index in [1.807, 2.05) is 13.8 Å². The van der Waals surface area contributed by atoms with Gasteiger partial charge in [-0.1, -0.05) is 0 Å². The molecule has 7 heteroatoms. The number of amides is 1. The van der Waals surface area contributed by atoms with E-state index in [0.29, 0.717) is 0 Å². The predicted molar refractivity (Wildman–Crippen MR) is 84.3 cm³/mol. The molecule has 7 nitrogen and oxygen atoms in total. The van der Waals surface area contributed by atoms with Gasteiger partial charge in [0.15, 0.2) is 0 Å². The molecule has 0 aromatic heterocycles. The van der Waals surface area contributed by atoms with Crippen LogP contribution in [0.5, 0.6) is 5.75 Å². The number of nitro groups is 1. The van der Waals surface area contributed by atoms with Crippen molar-refractivity contribution in [3.05, 3.63) is 34.4 Å². The number of carbonyl (C=O) groups is 1. The highest BCUT2D eigenvalue weighted by atomic mass is 16.6. The van der Waals surface area contributed by atoms with E-state index in [0.717, 1.165) is 25.7 Å². The van der Waals surface area contributed by atoms with Crippen molar-refractivity contribution in [1.29, 1.82) is 0 Å². The van der Waals surface area contributed by atoms with Crippen LogP contribution in [0, 0.1) is 16.0 Å². The zero-order valence-electron chi connectivity index (χ0n) is 13.3. The summed E-state index contributed by atoms with van der Waals surface area (Å²) in [6, 6.07) is 5.39. The van der Waals surface area contributed by atoms with Crippen molar-refractivity contribution in [2.24, 2.45) is 5.92 Å². The van der Waals surface area contributed by atoms with Gasteiger partial charge in [0, 0.05) is 18.2 Å². The molecular formula is C16H22N2O5. The van der Waals surface area contributed by atoms with Crippen LogP contribution in [0.1, 0.15) is 39.5 Å². The molecule has 1 aromatic rings. The summed E-state index contributed by atoms with van der Waals surface area (Å²) < 4.78 is 5.12. The number of hydrogen-bond donors (Lipinski definition) is 2. The Labute approximate surface area is 134 Å². The Bertz CT molecular complexity index is 557. The van der Waals surface area contributed by atoms with Crippen molar-refractivity contribution in [3.8, 4) is 5.75 Å². The third-order valence-corrected chi connectivity index (χ3v) is 4.31. The van der Waals surface area contributed by atoms with Gasteiger partial charge in [0.1, 0.15) is 5.75 Å². The maximum Gasteiger partial charge on any atom is 0.412 e. The Balaban J connectivity index is 1.80. The van der Waals surface area contributed by atoms with Gasteiger partial charge in [-0.3, -0.25) is 10.1 Å². The monoisotopic (exact) mass is 322 g/mol. The Morgan fingerprint density at radius 2 is 1.83 bits per heavy atom. The summed E-state index contributed by atoms with van der Waals surface area (Å²) in [5, 5.41) is 23.4. The average molecular weight is 322 g/mol. The van der Waals surface area contributed by atoms with E-state index >= 15 is 0 Å². The zero-order valence-corrected chi connectivity index (χ0v) is 13.3. The number of non-ortho nitro benzene ring substituents is 1. The molecule has 0 unspecified atom stereocenters. The fourth-order valence-corrected chi connectivity index (χ4v) is 2.88. The van der Waals surface area contributed by atoms with Crippen molar-refractivity contribution in [1.82, 2.24) is 5.32 Å². The normalized spacial score (nSPS) is 21.5. The Morgan fingerprint density at radius 3 is 2.30 bits per heavy atom. The summed E-state index contributed by atoms with van der Waals surface area (Å²) in [5.41, 5.74) is -0.743. The highest BCUT2D eigenvalue weighted by Crippen LogP contribution is 2.32. The predicted octanol–water partition coefficient (Wildman–Crippen LogP) is 3.01. The molecular weight excluding hydrogens is 300 g/mol. The second kappa shape index (κ2) is 6.95. The summed E-state index contributed by atoms with van der Waals surface area (Å²) in [6.07, 6.45) is 2.73. The van der Waals surface area contributed by atoms with Crippen molar-refractivity contribution < 1.29 is 19.6 Å². The molecule has 2 N–H and O–H groups in total. The maximum absolute atomic E-state index is 11.9. The molecule has 1 saturated carbocycles. The van der Waals surface area contributed by atoms with Gasteiger partial charge >= 0.3 is 6.09 Å². The number of nitrogens with zero attached hydrogens (tertiary/aromatic N) is 1. The van der Waals surface area contributed by atoms with Crippen molar-refractivity contribution >= 4 is 11.8 Å². The van der Waals surface area contributed by atoms with Gasteiger partial charge in [-0.05, 0) is 57.6 Å². The molecule has 1 fully saturated rings. The first-order chi connectivity index (χ1) is 10.8. The van der Waals surface area contributed by atoms with Crippen LogP contribution in [0.15, 0.2) is 24.3 Å². The Hall–Kier alpha value is -2.15. The standard InChI is InChI=1S/C16H22N2O5/c1-16(2,20)11-3-5-12(6-4-11)17-15(19)23-14-9-7-13(8-10-14)18(21)22/h7-12,20H,3-6H2,1-2H3,(H,17,19)/t11-,12-. The summed E-state index contributed by atoms with van der Waals surface area (Å²) >= 11 is 0. The number of rotatable bonds is 4. The van der Waals surface area contributed by atoms with Crippen LogP contribution in [0.3, 0.4) is 0 Å². The van der Waals surface area contributed by atoms with Gasteiger partial charge in [0.25, 0.3) is 5.69 Å². The van der Waals surface area contributed by atoms with Crippen LogP contribution < -0.4 is 10.1 Å². The molecule has 0 spiro atoms. The highest BCUT2D eigenvalue weighted by Gasteiger charge is 2.31. The number of aliphatic hydroxyl groups is 1. The molecule has 0 aliphatic heterocycles. The first-order valence-corrected chi connectivity index (χ1v) is 7.71. The molecule has 0 bridgehead atoms. The van der Waals surface area contributed by atoms with Gasteiger partial charge < -0.3 is 15.2 Å². The molecule has 1 aliphatic rings. The molecule has 126 valence electrons. The first-order valence-electron chi connectivity index (χ1n) is 7.71. The van der Waals surface area contributed by atoms with E-state index in [-0.39, 0.29) is 23.4 Å². The topological polar surface area (TPSA) is 102 Å². The van der Waals surface area contributed by atoms with Gasteiger partial charge in [-0.25, -0.2) is 4.79 Å². The quantitative estimate of drug-likeness (QED) is 0.655. The lowest BCUT2D eigenvalue weighted by Crippen LogP contribution is -2.42. The molecule has 0 atom stereocenters. The van der Waals surface area contributed by atoms with E-state index in [9.17, 15) is 20.0 Å². The van der Waals surface area contributed by atoms with Crippen LogP contribution in [0.4, 0.5) is 10.5 Å². The molecule has 23 heavy (non-hydrogen) atoms. The number of nitrogens with one attached hydrogen (secondary N) is 1. The Morgan fingerprint density at radius 1 is 1.26 bits per heavy atom. The minimum Gasteiger partial charge on any atom is -0.410 e. The lowest BCUT2D eigenvalue weighted by Gasteiger charge is -2.35. The molecule has 1 aromatic carbocycles. The molecule has 2 rings (SSSR count). The number of benzene rings is 1. The van der Waals surface area contributed by atoms with Crippen molar-refractivity contribution in [3.63, 3.8) is 0 Å². The van der Waals surface area contributed by atoms with Gasteiger partial charge in [0.2, 0.25) is 0 Å². The largest absolute Gasteiger partial charge is 0.412 e. The minimum atomic E-state index is -0.690. The second-order valence-corrected chi connectivity index (χ2v) is 6.49. The second-order valence-electron chi connectivity index (χ2n) is 6.49. The number of ether oxygens (including phenoxy) is 1. The highest BCUT2D eigenvalue weighted by molar-refractivity contribution is 5.70. The smallest absolute Gasteiger partial charge is 0.410 e. The third kappa shape index (κ3) is 4.92. The zero-order chi connectivity index (χ0) is 17.0. The molecule has 1 amide bonds. The van der Waals surface area contributed by atoms with Gasteiger partial charge in [-0.15, -0.1) is 0 Å². The number of nitro benzene ring substituents is 1. The van der Waals surface area contributed by atoms with Crippen LogP contribution in [0.25, 0.3) is 0 Å². The minimum absolute atomic E-state index is 0.0270. The van der Waals surface area contributed by atoms with Crippen LogP contribution in [-0.2, 0) is 0 Å². The Kier molecular flexibility index (Phi) is 5.20. The van der Waals surface area contributed by atoms with Crippen molar-refractivity contribution in [2.75, 3.05) is 0 Å². The van der Waals surface area contributed by atoms with E-state index in [4.69, 9.17) is 4.74 Å². The third-order valence-electron chi connectivity index (χ3n) is 4.31. The maximum atomic E-state index is 11.9. The number of hydrogen-bond acceptors (Lipinski definition) is 5. The van der Waals surface area contributed by atoms with Crippen molar-refractivity contribution in [2.45, 2.75) is 51.2 Å². The summed E-state index contributed by atoms with van der Waals surface area (Å²) in [6.45, 7) is 3.63. The molecule has 0 saturated heterocycles. The molecule has 0 heterocycles. The lowest BCUT2D eigenvalue weighted by atomic mass is 9.77. The lowest BCUT2D eigenvalue weighted by molar-refractivity contribution is -0.384. The van der Waals surface area contributed by atoms with E-state index in [2.05, 4.69) is 5.32 Å². The van der Waals surface area contributed by atoms with Crippen LogP contribution in [0.2, 0.25) is 0 Å². The van der Waals surface area contributed by atoms with E-state index < -0.39 is 16.6 Å². The molecule has 0 radical (unpaired) electrons. The van der Waals surface area contributed by atoms with E-state index in [1.54, 1.807) is 0 Å². The van der Waals surface area contributed by atoms with E-state index in [1.165, 1.54) is 24.3 Å². The fraction of sp³-hybridized carbons (Fsp3) is 0.562. The SMILES string of the molecule is CC(C)(O)[C@H]1CC[C@H](NC(=O)Oc2ccc([N+](=O)[O-])cc2)CC1. The summed E-state index contributed by atoms with van der Waals surface area (Å²) in [4.78, 5) is 21.9. The fourth-order valence-electron chi connectivity index (χ4n) is 2.88. The first kappa shape index (κ1) is 17.2. The molecule has 1 aliphatic carbocycles.